The molecule has 28 heavy (non-hydrogen) atoms. The highest BCUT2D eigenvalue weighted by Crippen LogP contribution is 2.41. The maximum Gasteiger partial charge on any atom is 0.343 e. The quantitative estimate of drug-likeness (QED) is 0.499. The van der Waals surface area contributed by atoms with Crippen molar-refractivity contribution < 1.29 is 19.4 Å². The number of carbonyl (C=O) groups is 2. The molecule has 1 unspecified atom stereocenters. The smallest absolute Gasteiger partial charge is 0.343 e. The Labute approximate surface area is 164 Å². The number of aliphatic hydroxyl groups is 1. The summed E-state index contributed by atoms with van der Waals surface area (Å²) in [6.45, 7) is 0. The van der Waals surface area contributed by atoms with Gasteiger partial charge >= 0.3 is 5.97 Å². The lowest BCUT2D eigenvalue weighted by Gasteiger charge is -2.34. The number of Topliss-reactive ketones (excluding diaryl/α,β-unsaturated/α-hetero) is 1. The number of esters is 1. The van der Waals surface area contributed by atoms with Crippen molar-refractivity contribution in [2.75, 3.05) is 7.11 Å². The molecule has 3 rings (SSSR count). The third-order valence-electron chi connectivity index (χ3n) is 4.90. The molecule has 0 radical (unpaired) electrons. The SMILES string of the molecule is COC(=O)C(O)(c1ccccc1)[C@@H](CC(=O)c1ccccc1)c1ccccc1. The Balaban J connectivity index is 2.11. The summed E-state index contributed by atoms with van der Waals surface area (Å²) in [6.07, 6.45) is -0.0471. The van der Waals surface area contributed by atoms with E-state index in [9.17, 15) is 14.7 Å². The summed E-state index contributed by atoms with van der Waals surface area (Å²) in [4.78, 5) is 25.7. The summed E-state index contributed by atoms with van der Waals surface area (Å²) in [5.41, 5.74) is -0.397. The Morgan fingerprint density at radius 1 is 0.857 bits per heavy atom. The molecular formula is C24H22O4. The van der Waals surface area contributed by atoms with Gasteiger partial charge in [-0.1, -0.05) is 91.0 Å². The first-order valence-electron chi connectivity index (χ1n) is 9.07. The van der Waals surface area contributed by atoms with Gasteiger partial charge in [-0.15, -0.1) is 0 Å². The van der Waals surface area contributed by atoms with Crippen LogP contribution in [0, 0.1) is 0 Å². The van der Waals surface area contributed by atoms with E-state index in [1.807, 2.05) is 24.3 Å². The minimum absolute atomic E-state index is 0.0471. The van der Waals surface area contributed by atoms with Gasteiger partial charge in [0.15, 0.2) is 11.4 Å². The predicted molar refractivity (Wildman–Crippen MR) is 107 cm³/mol. The lowest BCUT2D eigenvalue weighted by atomic mass is 9.74. The molecule has 0 aliphatic rings. The first-order valence-corrected chi connectivity index (χ1v) is 9.07. The van der Waals surface area contributed by atoms with Gasteiger partial charge in [-0.3, -0.25) is 4.79 Å². The molecule has 0 amide bonds. The minimum Gasteiger partial charge on any atom is -0.467 e. The molecule has 2 atom stereocenters. The number of hydrogen-bond acceptors (Lipinski definition) is 4. The fourth-order valence-corrected chi connectivity index (χ4v) is 3.43. The van der Waals surface area contributed by atoms with Gasteiger partial charge in [0.05, 0.1) is 7.11 Å². The Morgan fingerprint density at radius 3 is 1.89 bits per heavy atom. The van der Waals surface area contributed by atoms with Crippen LogP contribution in [-0.4, -0.2) is 24.0 Å². The van der Waals surface area contributed by atoms with Crippen LogP contribution in [0.15, 0.2) is 91.0 Å². The molecule has 0 aliphatic heterocycles. The molecule has 0 heterocycles. The summed E-state index contributed by atoms with van der Waals surface area (Å²) < 4.78 is 4.96. The summed E-state index contributed by atoms with van der Waals surface area (Å²) >= 11 is 0. The van der Waals surface area contributed by atoms with Gasteiger partial charge < -0.3 is 9.84 Å². The Morgan fingerprint density at radius 2 is 1.36 bits per heavy atom. The molecule has 0 fully saturated rings. The maximum absolute atomic E-state index is 13.0. The van der Waals surface area contributed by atoms with Crippen molar-refractivity contribution in [3.05, 3.63) is 108 Å². The molecule has 3 aromatic rings. The van der Waals surface area contributed by atoms with E-state index in [2.05, 4.69) is 0 Å². The monoisotopic (exact) mass is 374 g/mol. The van der Waals surface area contributed by atoms with E-state index in [4.69, 9.17) is 4.74 Å². The van der Waals surface area contributed by atoms with Crippen molar-refractivity contribution >= 4 is 11.8 Å². The second-order valence-corrected chi connectivity index (χ2v) is 6.58. The molecule has 0 aromatic heterocycles. The van der Waals surface area contributed by atoms with Gasteiger partial charge in [-0.05, 0) is 11.1 Å². The number of benzene rings is 3. The zero-order valence-corrected chi connectivity index (χ0v) is 15.6. The number of rotatable bonds is 7. The lowest BCUT2D eigenvalue weighted by Crippen LogP contribution is -2.43. The topological polar surface area (TPSA) is 63.6 Å². The number of ether oxygens (including phenoxy) is 1. The fraction of sp³-hybridized carbons (Fsp3) is 0.167. The highest BCUT2D eigenvalue weighted by Gasteiger charge is 2.48. The molecule has 0 bridgehead atoms. The van der Waals surface area contributed by atoms with Gasteiger partial charge in [0, 0.05) is 17.9 Å². The van der Waals surface area contributed by atoms with Crippen LogP contribution in [0.3, 0.4) is 0 Å². The molecule has 0 aliphatic carbocycles. The van der Waals surface area contributed by atoms with Gasteiger partial charge in [-0.2, -0.15) is 0 Å². The summed E-state index contributed by atoms with van der Waals surface area (Å²) in [7, 11) is 1.23. The highest BCUT2D eigenvalue weighted by molar-refractivity contribution is 5.97. The predicted octanol–water partition coefficient (Wildman–Crippen LogP) is 4.10. The van der Waals surface area contributed by atoms with E-state index in [-0.39, 0.29) is 12.2 Å². The maximum atomic E-state index is 13.0. The van der Waals surface area contributed by atoms with Gasteiger partial charge in [0.25, 0.3) is 0 Å². The van der Waals surface area contributed by atoms with Crippen molar-refractivity contribution in [2.45, 2.75) is 17.9 Å². The summed E-state index contributed by atoms with van der Waals surface area (Å²) in [5.74, 6) is -1.77. The minimum atomic E-state index is -2.00. The van der Waals surface area contributed by atoms with Crippen LogP contribution in [0.1, 0.15) is 33.8 Å². The molecule has 4 nitrogen and oxygen atoms in total. The van der Waals surface area contributed by atoms with E-state index in [1.165, 1.54) is 7.11 Å². The van der Waals surface area contributed by atoms with Crippen molar-refractivity contribution in [3.8, 4) is 0 Å². The second-order valence-electron chi connectivity index (χ2n) is 6.58. The van der Waals surface area contributed by atoms with Crippen molar-refractivity contribution in [2.24, 2.45) is 0 Å². The molecule has 4 heteroatoms. The van der Waals surface area contributed by atoms with Crippen LogP contribution in [-0.2, 0) is 15.1 Å². The van der Waals surface area contributed by atoms with E-state index in [0.29, 0.717) is 16.7 Å². The molecule has 1 N–H and O–H groups in total. The lowest BCUT2D eigenvalue weighted by molar-refractivity contribution is -0.166. The highest BCUT2D eigenvalue weighted by atomic mass is 16.5. The Bertz CT molecular complexity index is 923. The van der Waals surface area contributed by atoms with Crippen LogP contribution in [0.4, 0.5) is 0 Å². The zero-order chi connectivity index (χ0) is 20.0. The third kappa shape index (κ3) is 3.87. The Kier molecular flexibility index (Phi) is 6.02. The van der Waals surface area contributed by atoms with E-state index in [0.717, 1.165) is 0 Å². The first-order chi connectivity index (χ1) is 13.6. The zero-order valence-electron chi connectivity index (χ0n) is 15.6. The summed E-state index contributed by atoms with van der Waals surface area (Å²) in [6, 6.07) is 26.6. The fourth-order valence-electron chi connectivity index (χ4n) is 3.43. The average Bonchev–Trinajstić information content (AvgIpc) is 2.78. The van der Waals surface area contributed by atoms with Crippen LogP contribution in [0.25, 0.3) is 0 Å². The molecular weight excluding hydrogens is 352 g/mol. The van der Waals surface area contributed by atoms with E-state index in [1.54, 1.807) is 66.7 Å². The van der Waals surface area contributed by atoms with Crippen LogP contribution in [0.2, 0.25) is 0 Å². The largest absolute Gasteiger partial charge is 0.467 e. The normalized spacial score (nSPS) is 13.9. The molecule has 0 saturated heterocycles. The second kappa shape index (κ2) is 8.63. The van der Waals surface area contributed by atoms with Gasteiger partial charge in [-0.25, -0.2) is 4.79 Å². The average molecular weight is 374 g/mol. The van der Waals surface area contributed by atoms with Crippen LogP contribution >= 0.6 is 0 Å². The van der Waals surface area contributed by atoms with Crippen LogP contribution < -0.4 is 0 Å². The summed E-state index contributed by atoms with van der Waals surface area (Å²) in [5, 5.41) is 11.6. The Hall–Kier alpha value is -3.24. The standard InChI is InChI=1S/C24H22O4/c1-28-23(26)24(27,20-15-9-4-10-16-20)21(18-11-5-2-6-12-18)17-22(25)19-13-7-3-8-14-19/h2-16,21,27H,17H2,1H3/t21-,24?/m0/s1. The van der Waals surface area contributed by atoms with Crippen LogP contribution in [0.5, 0.6) is 0 Å². The number of methoxy groups -OCH3 is 1. The molecule has 0 spiro atoms. The van der Waals surface area contributed by atoms with Gasteiger partial charge in [0.1, 0.15) is 0 Å². The molecule has 3 aromatic carbocycles. The molecule has 0 saturated carbocycles. The van der Waals surface area contributed by atoms with Gasteiger partial charge in [0.2, 0.25) is 0 Å². The first kappa shape index (κ1) is 19.5. The van der Waals surface area contributed by atoms with E-state index < -0.39 is 17.5 Å². The third-order valence-corrected chi connectivity index (χ3v) is 4.90. The van der Waals surface area contributed by atoms with Crippen molar-refractivity contribution in [1.82, 2.24) is 0 Å². The van der Waals surface area contributed by atoms with E-state index >= 15 is 0 Å². The number of carbonyl (C=O) groups excluding carboxylic acids is 2. The van der Waals surface area contributed by atoms with Crippen molar-refractivity contribution in [1.29, 1.82) is 0 Å². The van der Waals surface area contributed by atoms with Crippen molar-refractivity contribution in [3.63, 3.8) is 0 Å². The number of hydrogen-bond donors (Lipinski definition) is 1. The number of ketones is 1. The molecule has 142 valence electrons.